The minimum Gasteiger partial charge on any atom is -0.478 e. The number of benzene rings is 2. The summed E-state index contributed by atoms with van der Waals surface area (Å²) in [5, 5.41) is 11.6. The fourth-order valence-electron chi connectivity index (χ4n) is 6.90. The first-order valence-electron chi connectivity index (χ1n) is 13.9. The Morgan fingerprint density at radius 3 is 2.57 bits per heavy atom. The average molecular weight is 502 g/mol. The summed E-state index contributed by atoms with van der Waals surface area (Å²) < 4.78 is 20.2. The number of carboxylic acid groups (broad SMARTS) is 1. The van der Waals surface area contributed by atoms with Crippen molar-refractivity contribution < 1.29 is 14.3 Å². The van der Waals surface area contributed by atoms with Gasteiger partial charge in [0.05, 0.1) is 16.8 Å². The zero-order valence-corrected chi connectivity index (χ0v) is 21.9. The van der Waals surface area contributed by atoms with Crippen LogP contribution >= 0.6 is 0 Å². The molecule has 1 aliphatic heterocycles. The monoisotopic (exact) mass is 501 g/mol. The summed E-state index contributed by atoms with van der Waals surface area (Å²) in [7, 11) is 0. The van der Waals surface area contributed by atoms with Crippen LogP contribution in [0.2, 0.25) is 0 Å². The van der Waals surface area contributed by atoms with E-state index in [0.29, 0.717) is 11.5 Å². The molecule has 1 saturated carbocycles. The third-order valence-electron chi connectivity index (χ3n) is 8.74. The van der Waals surface area contributed by atoms with E-state index in [4.69, 9.17) is 0 Å². The van der Waals surface area contributed by atoms with Crippen LogP contribution in [0.5, 0.6) is 0 Å². The number of aromatic carboxylic acids is 1. The second kappa shape index (κ2) is 9.64. The first-order chi connectivity index (χ1) is 18.0. The molecule has 2 aromatic heterocycles. The van der Waals surface area contributed by atoms with Crippen molar-refractivity contribution in [2.45, 2.75) is 77.9 Å². The molecule has 6 heteroatoms. The standard InChI is InChI=1S/C31H36FN3O2/c1-3-33(4-2)18-22-19-34-15-8-16-35-26-17-21(31(36)37)11-12-23(26)27(20-9-6-5-7-10-20)30(35)24-13-14-25(32)28(22)29(24)34/h11-14,17,19-20H,3-10,15-16,18H2,1-2H3,(H,36,37). The molecular weight excluding hydrogens is 465 g/mol. The zero-order chi connectivity index (χ0) is 25.7. The van der Waals surface area contributed by atoms with Gasteiger partial charge in [0, 0.05) is 47.7 Å². The molecule has 4 aromatic rings. The quantitative estimate of drug-likeness (QED) is 0.300. The molecule has 3 heterocycles. The summed E-state index contributed by atoms with van der Waals surface area (Å²) >= 11 is 0. The molecule has 194 valence electrons. The van der Waals surface area contributed by atoms with Crippen molar-refractivity contribution in [2.24, 2.45) is 0 Å². The van der Waals surface area contributed by atoms with Gasteiger partial charge in [-0.05, 0) is 73.7 Å². The number of fused-ring (bicyclic) bond motifs is 4. The summed E-state index contributed by atoms with van der Waals surface area (Å²) in [6.45, 7) is 8.51. The average Bonchev–Trinajstić information content (AvgIpc) is 3.42. The van der Waals surface area contributed by atoms with Crippen LogP contribution in [-0.4, -0.2) is 38.2 Å². The van der Waals surface area contributed by atoms with Gasteiger partial charge in [-0.1, -0.05) is 39.2 Å². The first kappa shape index (κ1) is 24.2. The molecule has 0 unspecified atom stereocenters. The molecule has 0 atom stereocenters. The Labute approximate surface area is 217 Å². The van der Waals surface area contributed by atoms with Gasteiger partial charge < -0.3 is 14.2 Å². The normalized spacial score (nSPS) is 16.3. The molecule has 2 aliphatic rings. The number of carboxylic acids is 1. The number of carbonyl (C=O) groups is 1. The zero-order valence-electron chi connectivity index (χ0n) is 21.9. The number of aryl methyl sites for hydroxylation is 2. The minimum absolute atomic E-state index is 0.157. The largest absolute Gasteiger partial charge is 0.478 e. The SMILES string of the molecule is CCN(CC)Cc1cn2c3c(ccc(F)c13)-c1c(C3CCCCC3)c3ccc(C(=O)O)cc3n1CCC2. The van der Waals surface area contributed by atoms with Gasteiger partial charge >= 0.3 is 5.97 Å². The Bertz CT molecular complexity index is 1490. The van der Waals surface area contributed by atoms with Crippen molar-refractivity contribution in [1.82, 2.24) is 14.0 Å². The van der Waals surface area contributed by atoms with E-state index in [1.54, 1.807) is 12.1 Å². The minimum atomic E-state index is -0.901. The highest BCUT2D eigenvalue weighted by atomic mass is 19.1. The lowest BCUT2D eigenvalue weighted by Crippen LogP contribution is -2.22. The molecule has 1 N–H and O–H groups in total. The van der Waals surface area contributed by atoms with E-state index < -0.39 is 5.97 Å². The maximum absolute atomic E-state index is 15.6. The van der Waals surface area contributed by atoms with Gasteiger partial charge in [0.25, 0.3) is 0 Å². The van der Waals surface area contributed by atoms with Gasteiger partial charge in [-0.2, -0.15) is 0 Å². The van der Waals surface area contributed by atoms with Crippen molar-refractivity contribution in [2.75, 3.05) is 13.1 Å². The molecular formula is C31H36FN3O2. The van der Waals surface area contributed by atoms with Gasteiger partial charge in [0.15, 0.2) is 0 Å². The Balaban J connectivity index is 1.67. The molecule has 2 aromatic carbocycles. The molecule has 0 radical (unpaired) electrons. The van der Waals surface area contributed by atoms with E-state index in [0.717, 1.165) is 84.9 Å². The molecule has 5 nitrogen and oxygen atoms in total. The number of aromatic nitrogens is 2. The van der Waals surface area contributed by atoms with E-state index in [2.05, 4.69) is 34.1 Å². The van der Waals surface area contributed by atoms with Crippen molar-refractivity contribution in [3.05, 3.63) is 59.0 Å². The second-order valence-electron chi connectivity index (χ2n) is 10.8. The molecule has 1 aliphatic carbocycles. The Morgan fingerprint density at radius 2 is 1.84 bits per heavy atom. The molecule has 1 fully saturated rings. The number of halogens is 1. The Kier molecular flexibility index (Phi) is 6.31. The van der Waals surface area contributed by atoms with E-state index in [1.165, 1.54) is 30.5 Å². The summed E-state index contributed by atoms with van der Waals surface area (Å²) in [6, 6.07) is 9.23. The van der Waals surface area contributed by atoms with Crippen LogP contribution in [0.15, 0.2) is 36.5 Å². The van der Waals surface area contributed by atoms with Crippen LogP contribution in [0.25, 0.3) is 33.1 Å². The molecule has 0 saturated heterocycles. The highest BCUT2D eigenvalue weighted by Gasteiger charge is 2.30. The summed E-state index contributed by atoms with van der Waals surface area (Å²) in [4.78, 5) is 14.2. The lowest BCUT2D eigenvalue weighted by atomic mass is 9.81. The van der Waals surface area contributed by atoms with E-state index >= 15 is 4.39 Å². The molecule has 37 heavy (non-hydrogen) atoms. The van der Waals surface area contributed by atoms with Gasteiger partial charge in [-0.3, -0.25) is 4.90 Å². The second-order valence-corrected chi connectivity index (χ2v) is 10.8. The van der Waals surface area contributed by atoms with Crippen LogP contribution < -0.4 is 0 Å². The van der Waals surface area contributed by atoms with Crippen LogP contribution in [0.3, 0.4) is 0 Å². The third-order valence-corrected chi connectivity index (χ3v) is 8.74. The van der Waals surface area contributed by atoms with E-state index in [-0.39, 0.29) is 5.82 Å². The van der Waals surface area contributed by atoms with Crippen molar-refractivity contribution in [3.63, 3.8) is 0 Å². The molecule has 6 rings (SSSR count). The number of hydrogen-bond acceptors (Lipinski definition) is 2. The van der Waals surface area contributed by atoms with E-state index in [9.17, 15) is 9.90 Å². The number of hydrogen-bond donors (Lipinski definition) is 1. The van der Waals surface area contributed by atoms with Gasteiger partial charge in [0.2, 0.25) is 0 Å². The third kappa shape index (κ3) is 3.97. The molecule has 0 amide bonds. The van der Waals surface area contributed by atoms with Crippen LogP contribution in [0.1, 0.15) is 79.8 Å². The van der Waals surface area contributed by atoms with Gasteiger partial charge in [0.1, 0.15) is 5.82 Å². The molecule has 0 spiro atoms. The number of rotatable bonds is 6. The highest BCUT2D eigenvalue weighted by Crippen LogP contribution is 2.47. The summed E-state index contributed by atoms with van der Waals surface area (Å²) in [5.74, 6) is -0.627. The Hall–Kier alpha value is -3.12. The van der Waals surface area contributed by atoms with Crippen molar-refractivity contribution >= 4 is 27.8 Å². The van der Waals surface area contributed by atoms with Crippen LogP contribution in [0, 0.1) is 5.82 Å². The maximum atomic E-state index is 15.6. The fourth-order valence-corrected chi connectivity index (χ4v) is 6.90. The topological polar surface area (TPSA) is 50.4 Å². The predicted molar refractivity (Wildman–Crippen MR) is 147 cm³/mol. The summed E-state index contributed by atoms with van der Waals surface area (Å²) in [5.41, 5.74) is 6.94. The molecule has 0 bridgehead atoms. The highest BCUT2D eigenvalue weighted by molar-refractivity contribution is 6.03. The van der Waals surface area contributed by atoms with E-state index in [1.807, 2.05) is 18.2 Å². The van der Waals surface area contributed by atoms with Crippen molar-refractivity contribution in [1.29, 1.82) is 0 Å². The smallest absolute Gasteiger partial charge is 0.335 e. The van der Waals surface area contributed by atoms with Crippen molar-refractivity contribution in [3.8, 4) is 11.3 Å². The lowest BCUT2D eigenvalue weighted by molar-refractivity contribution is 0.0697. The maximum Gasteiger partial charge on any atom is 0.335 e. The van der Waals surface area contributed by atoms with Gasteiger partial charge in [-0.25, -0.2) is 9.18 Å². The van der Waals surface area contributed by atoms with Crippen LogP contribution in [0.4, 0.5) is 4.39 Å². The number of nitrogens with zero attached hydrogens (tertiary/aromatic N) is 3. The summed E-state index contributed by atoms with van der Waals surface area (Å²) in [6.07, 6.45) is 9.07. The first-order valence-corrected chi connectivity index (χ1v) is 13.9. The fraction of sp³-hybridized carbons (Fsp3) is 0.452. The van der Waals surface area contributed by atoms with Gasteiger partial charge in [-0.15, -0.1) is 0 Å². The van der Waals surface area contributed by atoms with Crippen LogP contribution in [-0.2, 0) is 19.6 Å². The lowest BCUT2D eigenvalue weighted by Gasteiger charge is -2.25. The Morgan fingerprint density at radius 1 is 1.05 bits per heavy atom. The predicted octanol–water partition coefficient (Wildman–Crippen LogP) is 7.39.